The van der Waals surface area contributed by atoms with Gasteiger partial charge in [0.25, 0.3) is 35.2 Å². The molecule has 2 aromatic heterocycles. The van der Waals surface area contributed by atoms with E-state index in [2.05, 4.69) is 30.9 Å². The molecule has 0 fully saturated rings. The normalized spacial score (nSPS) is 11.8. The van der Waals surface area contributed by atoms with Gasteiger partial charge in [0.2, 0.25) is 0 Å². The smallest absolute Gasteiger partial charge is 0.305 e. The van der Waals surface area contributed by atoms with Crippen LogP contribution in [0.3, 0.4) is 0 Å². The lowest BCUT2D eigenvalue weighted by Crippen LogP contribution is -2.31. The third-order valence-corrected chi connectivity index (χ3v) is 7.84. The van der Waals surface area contributed by atoms with Crippen LogP contribution < -0.4 is 10.6 Å². The molecule has 14 nitrogen and oxygen atoms in total. The van der Waals surface area contributed by atoms with Gasteiger partial charge in [-0.2, -0.15) is 9.97 Å². The zero-order chi connectivity index (χ0) is 38.8. The van der Waals surface area contributed by atoms with Gasteiger partial charge >= 0.3 is 11.9 Å². The monoisotopic (exact) mass is 738 g/mol. The van der Waals surface area contributed by atoms with Crippen LogP contribution in [0.1, 0.15) is 68.4 Å². The van der Waals surface area contributed by atoms with Crippen LogP contribution >= 0.6 is 0 Å². The largest absolute Gasteiger partial charge is 0.481 e. The maximum atomic E-state index is 13.8. The van der Waals surface area contributed by atoms with E-state index in [0.29, 0.717) is 11.1 Å². The predicted octanol–water partition coefficient (Wildman–Crippen LogP) is 6.26. The van der Waals surface area contributed by atoms with E-state index in [1.54, 1.807) is 42.5 Å². The second-order valence-corrected chi connectivity index (χ2v) is 11.8. The van der Waals surface area contributed by atoms with Crippen molar-refractivity contribution in [1.82, 2.24) is 30.9 Å². The maximum Gasteiger partial charge on any atom is 0.305 e. The van der Waals surface area contributed by atoms with Gasteiger partial charge < -0.3 is 29.9 Å². The van der Waals surface area contributed by atoms with Crippen LogP contribution in [0.4, 0.5) is 8.78 Å². The SMILES string of the molecule is Cc1cccc([C@H](CC(=O)O)NC(=O)c2noc(-c3ccccc3F)n2)c1.Cc1ccccc1[C@H](CC(=O)O)NC(=O)c1noc(-c2ccccc2F)n1. The Labute approximate surface area is 305 Å². The lowest BCUT2D eigenvalue weighted by Gasteiger charge is -2.18. The molecule has 0 bridgehead atoms. The number of hydrogen-bond donors (Lipinski definition) is 4. The lowest BCUT2D eigenvalue weighted by molar-refractivity contribution is -0.138. The van der Waals surface area contributed by atoms with E-state index in [-0.39, 0.29) is 47.4 Å². The van der Waals surface area contributed by atoms with Gasteiger partial charge in [-0.05, 0) is 54.8 Å². The van der Waals surface area contributed by atoms with Crippen molar-refractivity contribution in [3.8, 4) is 22.9 Å². The zero-order valence-corrected chi connectivity index (χ0v) is 28.7. The Kier molecular flexibility index (Phi) is 12.3. The molecule has 2 heterocycles. The van der Waals surface area contributed by atoms with Crippen LogP contribution in [0.2, 0.25) is 0 Å². The van der Waals surface area contributed by atoms with Crippen LogP contribution in [0.5, 0.6) is 0 Å². The number of nitrogens with one attached hydrogen (secondary N) is 2. The number of halogens is 2. The van der Waals surface area contributed by atoms with Crippen LogP contribution in [0.15, 0.2) is 106 Å². The number of benzene rings is 4. The van der Waals surface area contributed by atoms with Crippen molar-refractivity contribution in [2.45, 2.75) is 38.8 Å². The molecule has 276 valence electrons. The van der Waals surface area contributed by atoms with Gasteiger partial charge in [-0.15, -0.1) is 0 Å². The van der Waals surface area contributed by atoms with Crippen LogP contribution in [-0.4, -0.2) is 54.2 Å². The standard InChI is InChI=1S/2C19H16FN3O4/c1-11-5-4-6-12(9-11)15(10-16(24)25)21-18(26)17-22-19(27-23-17)13-7-2-3-8-14(13)20;1-11-6-2-3-7-12(11)15(10-16(24)25)21-18(26)17-22-19(27-23-17)13-8-4-5-9-14(13)20/h2*2-9,15H,10H2,1H3,(H,21,26)(H,24,25)/t2*15-/m00/s1. The minimum absolute atomic E-state index is 0.0739. The van der Waals surface area contributed by atoms with Crippen LogP contribution in [0, 0.1) is 25.5 Å². The number of hydrogen-bond acceptors (Lipinski definition) is 10. The summed E-state index contributed by atoms with van der Waals surface area (Å²) in [6.45, 7) is 3.68. The molecule has 4 N–H and O–H groups in total. The number of nitrogens with zero attached hydrogens (tertiary/aromatic N) is 4. The molecule has 0 aliphatic heterocycles. The van der Waals surface area contributed by atoms with E-state index in [0.717, 1.165) is 11.1 Å². The van der Waals surface area contributed by atoms with E-state index in [4.69, 9.17) is 19.3 Å². The summed E-state index contributed by atoms with van der Waals surface area (Å²) >= 11 is 0. The lowest BCUT2D eigenvalue weighted by atomic mass is 9.99. The molecule has 0 saturated carbocycles. The highest BCUT2D eigenvalue weighted by Gasteiger charge is 2.25. The van der Waals surface area contributed by atoms with E-state index in [9.17, 15) is 28.0 Å². The van der Waals surface area contributed by atoms with Crippen LogP contribution in [0.25, 0.3) is 22.9 Å². The van der Waals surface area contributed by atoms with Gasteiger partial charge in [0.15, 0.2) is 0 Å². The number of aryl methyl sites for hydroxylation is 2. The molecular formula is C38H32F2N6O8. The quantitative estimate of drug-likeness (QED) is 0.110. The summed E-state index contributed by atoms with van der Waals surface area (Å²) in [6, 6.07) is 24.3. The second kappa shape index (κ2) is 17.4. The van der Waals surface area contributed by atoms with Gasteiger partial charge in [-0.25, -0.2) is 8.78 Å². The molecule has 4 aromatic carbocycles. The Morgan fingerprint density at radius 3 is 1.63 bits per heavy atom. The summed E-state index contributed by atoms with van der Waals surface area (Å²) in [6.07, 6.45) is -0.623. The fourth-order valence-electron chi connectivity index (χ4n) is 5.27. The molecule has 6 rings (SSSR count). The number of rotatable bonds is 12. The Morgan fingerprint density at radius 2 is 1.13 bits per heavy atom. The van der Waals surface area contributed by atoms with E-state index >= 15 is 0 Å². The Balaban J connectivity index is 0.000000208. The number of carbonyl (C=O) groups is 4. The molecule has 2 atom stereocenters. The van der Waals surface area contributed by atoms with Gasteiger partial charge in [0.05, 0.1) is 36.1 Å². The third-order valence-electron chi connectivity index (χ3n) is 7.84. The number of carboxylic acid groups (broad SMARTS) is 2. The van der Waals surface area contributed by atoms with Crippen molar-refractivity contribution in [2.24, 2.45) is 0 Å². The van der Waals surface area contributed by atoms with Crippen molar-refractivity contribution in [3.63, 3.8) is 0 Å². The van der Waals surface area contributed by atoms with Gasteiger partial charge in [-0.3, -0.25) is 19.2 Å². The predicted molar refractivity (Wildman–Crippen MR) is 187 cm³/mol. The highest BCUT2D eigenvalue weighted by atomic mass is 19.1. The Bertz CT molecular complexity index is 2290. The second-order valence-electron chi connectivity index (χ2n) is 11.8. The fourth-order valence-corrected chi connectivity index (χ4v) is 5.27. The van der Waals surface area contributed by atoms with E-state index in [1.165, 1.54) is 36.4 Å². The molecule has 0 spiro atoms. The number of amides is 2. The van der Waals surface area contributed by atoms with E-state index in [1.807, 2.05) is 32.0 Å². The number of aliphatic carboxylic acids is 2. The minimum Gasteiger partial charge on any atom is -0.481 e. The molecule has 0 radical (unpaired) electrons. The van der Waals surface area contributed by atoms with Crippen molar-refractivity contribution in [3.05, 3.63) is 143 Å². The summed E-state index contributed by atoms with van der Waals surface area (Å²) in [7, 11) is 0. The van der Waals surface area contributed by atoms with Gasteiger partial charge in [0.1, 0.15) is 11.6 Å². The van der Waals surface area contributed by atoms with Gasteiger partial charge in [-0.1, -0.05) is 88.7 Å². The third kappa shape index (κ3) is 9.81. The highest BCUT2D eigenvalue weighted by molar-refractivity contribution is 5.92. The fraction of sp³-hybridized carbons (Fsp3) is 0.158. The van der Waals surface area contributed by atoms with Crippen molar-refractivity contribution < 1.29 is 47.2 Å². The Hall–Kier alpha value is -7.10. The first kappa shape index (κ1) is 38.1. The molecule has 0 saturated heterocycles. The van der Waals surface area contributed by atoms with E-state index < -0.39 is 47.5 Å². The molecule has 0 aliphatic rings. The molecule has 2 amide bonds. The van der Waals surface area contributed by atoms with Crippen LogP contribution in [-0.2, 0) is 9.59 Å². The molecular weight excluding hydrogens is 706 g/mol. The summed E-state index contributed by atoms with van der Waals surface area (Å²) in [5.41, 5.74) is 3.23. The molecule has 54 heavy (non-hydrogen) atoms. The highest BCUT2D eigenvalue weighted by Crippen LogP contribution is 2.24. The zero-order valence-electron chi connectivity index (χ0n) is 28.7. The Morgan fingerprint density at radius 1 is 0.648 bits per heavy atom. The van der Waals surface area contributed by atoms with Crippen molar-refractivity contribution in [2.75, 3.05) is 0 Å². The van der Waals surface area contributed by atoms with Gasteiger partial charge in [0, 0.05) is 0 Å². The molecule has 0 aliphatic carbocycles. The van der Waals surface area contributed by atoms with Crippen molar-refractivity contribution >= 4 is 23.8 Å². The number of aromatic nitrogens is 4. The molecule has 6 aromatic rings. The number of carbonyl (C=O) groups excluding carboxylic acids is 2. The first-order valence-corrected chi connectivity index (χ1v) is 16.2. The summed E-state index contributed by atoms with van der Waals surface area (Å²) in [5, 5.41) is 30.6. The summed E-state index contributed by atoms with van der Waals surface area (Å²) in [5.74, 6) is -5.56. The summed E-state index contributed by atoms with van der Waals surface area (Å²) in [4.78, 5) is 55.1. The minimum atomic E-state index is -1.07. The maximum absolute atomic E-state index is 13.8. The topological polar surface area (TPSA) is 211 Å². The first-order valence-electron chi connectivity index (χ1n) is 16.2. The average Bonchev–Trinajstić information content (AvgIpc) is 3.83. The molecule has 16 heteroatoms. The van der Waals surface area contributed by atoms with Crippen molar-refractivity contribution in [1.29, 1.82) is 0 Å². The number of carboxylic acids is 2. The average molecular weight is 739 g/mol. The first-order chi connectivity index (χ1) is 25.9. The summed E-state index contributed by atoms with van der Waals surface area (Å²) < 4.78 is 37.5. The molecule has 0 unspecified atom stereocenters.